The molecule has 1 atom stereocenters. The Morgan fingerprint density at radius 3 is 2.58 bits per heavy atom. The van der Waals surface area contributed by atoms with Crippen molar-refractivity contribution in [1.29, 1.82) is 0 Å². The first kappa shape index (κ1) is 31.8. The summed E-state index contributed by atoms with van der Waals surface area (Å²) in [6, 6.07) is 15.8. The van der Waals surface area contributed by atoms with Gasteiger partial charge in [0.05, 0.1) is 23.6 Å². The second-order valence-electron chi connectivity index (χ2n) is 10.3. The number of aliphatic imine (C=N–C) groups is 1. The molecule has 0 radical (unpaired) electrons. The minimum absolute atomic E-state index is 0.0481. The molecule has 1 aliphatic heterocycles. The number of amidine groups is 1. The molecule has 6 N–H and O–H groups in total. The number of anilines is 1. The van der Waals surface area contributed by atoms with Crippen LogP contribution < -0.4 is 22.1 Å². The van der Waals surface area contributed by atoms with Gasteiger partial charge in [0, 0.05) is 53.4 Å². The van der Waals surface area contributed by atoms with Crippen molar-refractivity contribution in [3.8, 4) is 0 Å². The minimum atomic E-state index is -0.682. The van der Waals surface area contributed by atoms with Crippen LogP contribution in [0.2, 0.25) is 0 Å². The first-order chi connectivity index (χ1) is 20.8. The molecule has 1 unspecified atom stereocenters. The van der Waals surface area contributed by atoms with Crippen LogP contribution in [0.15, 0.2) is 77.6 Å². The number of aromatic nitrogens is 1. The second-order valence-corrected chi connectivity index (χ2v) is 11.3. The van der Waals surface area contributed by atoms with Crippen molar-refractivity contribution < 1.29 is 14.4 Å². The molecule has 0 spiro atoms. The third-order valence-corrected chi connectivity index (χ3v) is 7.30. The van der Waals surface area contributed by atoms with Gasteiger partial charge in [-0.3, -0.25) is 19.4 Å². The summed E-state index contributed by atoms with van der Waals surface area (Å²) >= 11 is 2.26. The largest absolute Gasteiger partial charge is 0.387 e. The van der Waals surface area contributed by atoms with Crippen LogP contribution >= 0.6 is 22.6 Å². The Morgan fingerprint density at radius 1 is 1.05 bits per heavy atom. The van der Waals surface area contributed by atoms with Crippen LogP contribution in [0.5, 0.6) is 0 Å². The predicted octanol–water partition coefficient (Wildman–Crippen LogP) is 3.97. The van der Waals surface area contributed by atoms with E-state index >= 15 is 0 Å². The van der Waals surface area contributed by atoms with Crippen molar-refractivity contribution in [2.45, 2.75) is 38.8 Å². The van der Waals surface area contributed by atoms with Crippen LogP contribution in [0, 0.1) is 0 Å². The zero-order valence-corrected chi connectivity index (χ0v) is 26.2. The maximum absolute atomic E-state index is 13.2. The number of nitrogens with zero attached hydrogens (tertiary/aromatic N) is 3. The molecule has 1 aromatic heterocycles. The summed E-state index contributed by atoms with van der Waals surface area (Å²) in [5.41, 5.74) is 16.6. The lowest BCUT2D eigenvalue weighted by molar-refractivity contribution is -0.127. The molecule has 224 valence electrons. The Labute approximate surface area is 265 Å². The maximum atomic E-state index is 13.2. The quantitative estimate of drug-likeness (QED) is 0.166. The van der Waals surface area contributed by atoms with Crippen molar-refractivity contribution >= 4 is 63.6 Å². The molecular weight excluding hydrogens is 657 g/mol. The second kappa shape index (κ2) is 15.4. The molecule has 3 amide bonds. The van der Waals surface area contributed by atoms with Crippen LogP contribution in [-0.4, -0.2) is 57.0 Å². The molecule has 1 aliphatic rings. The zero-order chi connectivity index (χ0) is 30.8. The van der Waals surface area contributed by atoms with Gasteiger partial charge in [-0.25, -0.2) is 4.99 Å². The van der Waals surface area contributed by atoms with Gasteiger partial charge in [0.15, 0.2) is 0 Å². The summed E-state index contributed by atoms with van der Waals surface area (Å²) < 4.78 is 0.839. The van der Waals surface area contributed by atoms with Crippen molar-refractivity contribution in [3.63, 3.8) is 0 Å². The number of hydrogen-bond donors (Lipinski definition) is 4. The van der Waals surface area contributed by atoms with Gasteiger partial charge in [0.2, 0.25) is 11.8 Å². The monoisotopic (exact) mass is 693 g/mol. The third kappa shape index (κ3) is 8.94. The molecule has 0 aliphatic carbocycles. The average molecular weight is 694 g/mol. The van der Waals surface area contributed by atoms with Gasteiger partial charge in [0.1, 0.15) is 5.84 Å². The van der Waals surface area contributed by atoms with Gasteiger partial charge in [-0.05, 0) is 48.2 Å². The molecule has 11 heteroatoms. The summed E-state index contributed by atoms with van der Waals surface area (Å²) in [4.78, 5) is 49.4. The Kier molecular flexibility index (Phi) is 11.4. The number of amides is 3. The normalized spacial score (nSPS) is 13.1. The van der Waals surface area contributed by atoms with Crippen molar-refractivity contribution in [2.75, 3.05) is 22.8 Å². The summed E-state index contributed by atoms with van der Waals surface area (Å²) in [7, 11) is 0. The van der Waals surface area contributed by atoms with Crippen LogP contribution in [0.3, 0.4) is 0 Å². The highest BCUT2D eigenvalue weighted by atomic mass is 127. The molecule has 3 aromatic rings. The van der Waals surface area contributed by atoms with Crippen LogP contribution in [0.1, 0.15) is 46.8 Å². The van der Waals surface area contributed by atoms with Gasteiger partial charge in [-0.2, -0.15) is 0 Å². The number of nitrogens with two attached hydrogens (primary N) is 2. The fourth-order valence-electron chi connectivity index (χ4n) is 4.70. The molecule has 2 heterocycles. The molecule has 10 nitrogen and oxygen atoms in total. The number of fused-ring (bicyclic) bond motifs is 1. The summed E-state index contributed by atoms with van der Waals surface area (Å²) in [6.07, 6.45) is 6.49. The van der Waals surface area contributed by atoms with E-state index in [0.29, 0.717) is 53.4 Å². The number of halogens is 1. The number of nitrogens with one attached hydrogen (secondary N) is 2. The lowest BCUT2D eigenvalue weighted by Gasteiger charge is -2.22. The Balaban J connectivity index is 1.41. The zero-order valence-electron chi connectivity index (χ0n) is 24.1. The van der Waals surface area contributed by atoms with Gasteiger partial charge >= 0.3 is 0 Å². The van der Waals surface area contributed by atoms with E-state index in [1.807, 2.05) is 48.2 Å². The van der Waals surface area contributed by atoms with Gasteiger partial charge in [-0.15, -0.1) is 0 Å². The molecule has 2 aromatic carbocycles. The van der Waals surface area contributed by atoms with Crippen LogP contribution in [0.4, 0.5) is 11.4 Å². The highest BCUT2D eigenvalue weighted by molar-refractivity contribution is 14.1. The molecule has 4 rings (SSSR count). The number of alkyl halides is 1. The SMILES string of the molecule is CCCN(CCI)C(=O)C1=Cc2ccc(C(=O)Nc3cncc(CNC(=O)C(N)Cc4ccccc4)c3)cc2N=C(N)C1. The highest BCUT2D eigenvalue weighted by Gasteiger charge is 2.22. The predicted molar refractivity (Wildman–Crippen MR) is 178 cm³/mol. The van der Waals surface area contributed by atoms with E-state index in [2.05, 4.69) is 43.2 Å². The third-order valence-electron chi connectivity index (χ3n) is 6.82. The fourth-order valence-corrected chi connectivity index (χ4v) is 5.28. The highest BCUT2D eigenvalue weighted by Crippen LogP contribution is 2.29. The van der Waals surface area contributed by atoms with E-state index in [0.717, 1.165) is 22.0 Å². The average Bonchev–Trinajstić information content (AvgIpc) is 3.17. The van der Waals surface area contributed by atoms with Crippen LogP contribution in [0.25, 0.3) is 6.08 Å². The van der Waals surface area contributed by atoms with Crippen molar-refractivity contribution in [2.24, 2.45) is 16.5 Å². The summed E-state index contributed by atoms with van der Waals surface area (Å²) in [6.45, 7) is 3.59. The number of rotatable bonds is 12. The van der Waals surface area contributed by atoms with E-state index < -0.39 is 6.04 Å². The number of carbonyl (C=O) groups excluding carboxylic acids is 3. The summed E-state index contributed by atoms with van der Waals surface area (Å²) in [5, 5.41) is 5.68. The molecule has 0 bridgehead atoms. The number of carbonyl (C=O) groups is 3. The van der Waals surface area contributed by atoms with Gasteiger partial charge in [-0.1, -0.05) is 65.9 Å². The standard InChI is InChI=1S/C32H36IN7O3/c1-2-11-40(12-10-33)32(43)25-15-23-8-9-24(16-28(23)39-29(35)17-25)30(41)38-26-13-22(18-36-20-26)19-37-31(42)27(34)14-21-6-4-3-5-7-21/h3-9,13,15-16,18,20,27H,2,10-12,14,17,19,34H2,1H3,(H2,35,39)(H,37,42)(H,38,41). The number of pyridine rings is 1. The Hall–Kier alpha value is -4.10. The lowest BCUT2D eigenvalue weighted by Crippen LogP contribution is -2.41. The minimum Gasteiger partial charge on any atom is -0.387 e. The molecule has 43 heavy (non-hydrogen) atoms. The van der Waals surface area contributed by atoms with E-state index in [4.69, 9.17) is 11.5 Å². The first-order valence-electron chi connectivity index (χ1n) is 14.1. The van der Waals surface area contributed by atoms with E-state index in [1.54, 1.807) is 30.5 Å². The molecule has 0 fully saturated rings. The first-order valence-corrected chi connectivity index (χ1v) is 15.6. The number of hydrogen-bond acceptors (Lipinski definition) is 7. The van der Waals surface area contributed by atoms with E-state index in [9.17, 15) is 14.4 Å². The molecule has 0 saturated carbocycles. The van der Waals surface area contributed by atoms with Crippen molar-refractivity contribution in [3.05, 3.63) is 94.8 Å². The number of benzene rings is 2. The van der Waals surface area contributed by atoms with Crippen LogP contribution in [-0.2, 0) is 22.6 Å². The van der Waals surface area contributed by atoms with Crippen molar-refractivity contribution in [1.82, 2.24) is 15.2 Å². The maximum Gasteiger partial charge on any atom is 0.255 e. The van der Waals surface area contributed by atoms with E-state index in [-0.39, 0.29) is 30.7 Å². The van der Waals surface area contributed by atoms with Gasteiger partial charge in [0.25, 0.3) is 5.91 Å². The smallest absolute Gasteiger partial charge is 0.255 e. The summed E-state index contributed by atoms with van der Waals surface area (Å²) in [5.74, 6) is -0.368. The Morgan fingerprint density at radius 2 is 1.84 bits per heavy atom. The lowest BCUT2D eigenvalue weighted by atomic mass is 10.0. The fraction of sp³-hybridized carbons (Fsp3) is 0.281. The Bertz CT molecular complexity index is 1520. The molecular formula is C32H36IN7O3. The topological polar surface area (TPSA) is 156 Å². The molecule has 0 saturated heterocycles. The van der Waals surface area contributed by atoms with E-state index in [1.165, 1.54) is 6.20 Å². The van der Waals surface area contributed by atoms with Gasteiger partial charge < -0.3 is 27.0 Å².